The minimum atomic E-state index is 0.0852. The number of benzene rings is 1. The number of nitrogens with two attached hydrogens (primary N) is 1. The molecule has 3 heteroatoms. The molecule has 3 atom stereocenters. The van der Waals surface area contributed by atoms with Crippen LogP contribution in [0.4, 0.5) is 0 Å². The molecule has 1 heterocycles. The van der Waals surface area contributed by atoms with Gasteiger partial charge in [-0.15, -0.1) is 0 Å². The average molecular weight is 275 g/mol. The zero-order chi connectivity index (χ0) is 14.7. The van der Waals surface area contributed by atoms with E-state index in [1.165, 1.54) is 5.56 Å². The van der Waals surface area contributed by atoms with E-state index in [1.54, 1.807) is 0 Å². The van der Waals surface area contributed by atoms with Gasteiger partial charge in [-0.25, -0.2) is 0 Å². The Bertz CT molecular complexity index is 404. The van der Waals surface area contributed by atoms with E-state index in [1.807, 2.05) is 0 Å². The minimum Gasteiger partial charge on any atom is -0.323 e. The molecule has 1 aliphatic heterocycles. The Labute approximate surface area is 123 Å². The van der Waals surface area contributed by atoms with Crippen molar-refractivity contribution >= 4 is 0 Å². The van der Waals surface area contributed by atoms with Crippen LogP contribution in [-0.2, 0) is 0 Å². The van der Waals surface area contributed by atoms with Crippen molar-refractivity contribution in [3.05, 3.63) is 35.9 Å². The molecule has 2 N–H and O–H groups in total. The Morgan fingerprint density at radius 3 is 2.35 bits per heavy atom. The van der Waals surface area contributed by atoms with Crippen LogP contribution in [-0.4, -0.2) is 48.6 Å². The summed E-state index contributed by atoms with van der Waals surface area (Å²) in [5.74, 6) is 0.552. The second-order valence-corrected chi connectivity index (χ2v) is 6.52. The monoisotopic (exact) mass is 275 g/mol. The SMILES string of the molecule is CC(C)C(C(N)c1ccccc1)N1CCN(C)CC1C. The van der Waals surface area contributed by atoms with Crippen LogP contribution in [0.25, 0.3) is 0 Å². The van der Waals surface area contributed by atoms with E-state index in [0.717, 1.165) is 19.6 Å². The zero-order valence-corrected chi connectivity index (χ0v) is 13.3. The highest BCUT2D eigenvalue weighted by Gasteiger charge is 2.34. The van der Waals surface area contributed by atoms with Gasteiger partial charge in [-0.05, 0) is 25.5 Å². The van der Waals surface area contributed by atoms with Crippen LogP contribution in [0.3, 0.4) is 0 Å². The van der Waals surface area contributed by atoms with Crippen LogP contribution in [0.5, 0.6) is 0 Å². The summed E-state index contributed by atoms with van der Waals surface area (Å²) in [4.78, 5) is 5.02. The fourth-order valence-corrected chi connectivity index (χ4v) is 3.47. The van der Waals surface area contributed by atoms with Gasteiger partial charge in [0.05, 0.1) is 0 Å². The molecule has 2 rings (SSSR count). The van der Waals surface area contributed by atoms with E-state index < -0.39 is 0 Å². The van der Waals surface area contributed by atoms with Crippen LogP contribution in [0.1, 0.15) is 32.4 Å². The summed E-state index contributed by atoms with van der Waals surface area (Å²) in [7, 11) is 2.20. The van der Waals surface area contributed by atoms with Gasteiger partial charge in [0.25, 0.3) is 0 Å². The molecule has 20 heavy (non-hydrogen) atoms. The number of hydrogen-bond donors (Lipinski definition) is 1. The fourth-order valence-electron chi connectivity index (χ4n) is 3.47. The Balaban J connectivity index is 2.19. The molecule has 0 amide bonds. The highest BCUT2D eigenvalue weighted by Crippen LogP contribution is 2.27. The van der Waals surface area contributed by atoms with E-state index >= 15 is 0 Å². The van der Waals surface area contributed by atoms with Crippen LogP contribution in [0.15, 0.2) is 30.3 Å². The van der Waals surface area contributed by atoms with Gasteiger partial charge in [0, 0.05) is 37.8 Å². The zero-order valence-electron chi connectivity index (χ0n) is 13.3. The smallest absolute Gasteiger partial charge is 0.0455 e. The standard InChI is InChI=1S/C17H29N3/c1-13(2)17(16(18)15-8-6-5-7-9-15)20-11-10-19(4)12-14(20)3/h5-9,13-14,16-17H,10-12,18H2,1-4H3. The highest BCUT2D eigenvalue weighted by atomic mass is 15.3. The van der Waals surface area contributed by atoms with Gasteiger partial charge in [-0.2, -0.15) is 0 Å². The minimum absolute atomic E-state index is 0.0852. The molecule has 1 fully saturated rings. The summed E-state index contributed by atoms with van der Waals surface area (Å²) in [5.41, 5.74) is 7.86. The van der Waals surface area contributed by atoms with Gasteiger partial charge in [-0.1, -0.05) is 44.2 Å². The summed E-state index contributed by atoms with van der Waals surface area (Å²) < 4.78 is 0. The van der Waals surface area contributed by atoms with E-state index in [4.69, 9.17) is 5.73 Å². The summed E-state index contributed by atoms with van der Waals surface area (Å²) in [6.45, 7) is 10.3. The predicted molar refractivity (Wildman–Crippen MR) is 85.7 cm³/mol. The number of piperazine rings is 1. The molecule has 0 aromatic heterocycles. The highest BCUT2D eigenvalue weighted by molar-refractivity contribution is 5.20. The maximum atomic E-state index is 6.61. The second-order valence-electron chi connectivity index (χ2n) is 6.52. The topological polar surface area (TPSA) is 32.5 Å². The number of hydrogen-bond acceptors (Lipinski definition) is 3. The van der Waals surface area contributed by atoms with Crippen molar-refractivity contribution in [3.8, 4) is 0 Å². The third-order valence-corrected chi connectivity index (χ3v) is 4.50. The molecule has 1 aromatic rings. The third-order valence-electron chi connectivity index (χ3n) is 4.50. The van der Waals surface area contributed by atoms with Crippen molar-refractivity contribution in [1.29, 1.82) is 0 Å². The number of rotatable bonds is 4. The van der Waals surface area contributed by atoms with Crippen molar-refractivity contribution in [2.45, 2.75) is 38.9 Å². The lowest BCUT2D eigenvalue weighted by atomic mass is 9.89. The van der Waals surface area contributed by atoms with Gasteiger partial charge in [-0.3, -0.25) is 4.90 Å². The predicted octanol–water partition coefficient (Wildman–Crippen LogP) is 2.35. The van der Waals surface area contributed by atoms with Gasteiger partial charge >= 0.3 is 0 Å². The molecule has 1 saturated heterocycles. The Hall–Kier alpha value is -0.900. The molecular formula is C17H29N3. The van der Waals surface area contributed by atoms with Crippen molar-refractivity contribution in [2.24, 2.45) is 11.7 Å². The molecule has 3 nitrogen and oxygen atoms in total. The molecule has 0 aliphatic carbocycles. The molecule has 3 unspecified atom stereocenters. The molecule has 0 saturated carbocycles. The van der Waals surface area contributed by atoms with Crippen LogP contribution >= 0.6 is 0 Å². The van der Waals surface area contributed by atoms with Crippen LogP contribution < -0.4 is 5.73 Å². The quantitative estimate of drug-likeness (QED) is 0.915. The van der Waals surface area contributed by atoms with Crippen LogP contribution in [0, 0.1) is 5.92 Å². The van der Waals surface area contributed by atoms with Gasteiger partial charge in [0.15, 0.2) is 0 Å². The summed E-state index contributed by atoms with van der Waals surface area (Å²) in [6.07, 6.45) is 0. The second kappa shape index (κ2) is 6.70. The number of nitrogens with zero attached hydrogens (tertiary/aromatic N) is 2. The van der Waals surface area contributed by atoms with E-state index in [2.05, 4.69) is 68.0 Å². The largest absolute Gasteiger partial charge is 0.323 e. The first-order valence-corrected chi connectivity index (χ1v) is 7.75. The first kappa shape index (κ1) is 15.5. The molecule has 1 aliphatic rings. The van der Waals surface area contributed by atoms with Gasteiger partial charge in [0.1, 0.15) is 0 Å². The van der Waals surface area contributed by atoms with Crippen molar-refractivity contribution in [1.82, 2.24) is 9.80 Å². The van der Waals surface area contributed by atoms with Gasteiger partial charge in [0.2, 0.25) is 0 Å². The maximum Gasteiger partial charge on any atom is 0.0455 e. The normalized spacial score (nSPS) is 24.8. The van der Waals surface area contributed by atoms with E-state index in [0.29, 0.717) is 18.0 Å². The summed E-state index contributed by atoms with van der Waals surface area (Å²) in [5, 5.41) is 0. The lowest BCUT2D eigenvalue weighted by Crippen LogP contribution is -2.58. The van der Waals surface area contributed by atoms with Gasteiger partial charge < -0.3 is 10.6 Å². The first-order chi connectivity index (χ1) is 9.50. The Morgan fingerprint density at radius 1 is 1.15 bits per heavy atom. The Kier molecular flexibility index (Phi) is 5.19. The summed E-state index contributed by atoms with van der Waals surface area (Å²) >= 11 is 0. The molecule has 112 valence electrons. The molecular weight excluding hydrogens is 246 g/mol. The number of likely N-dealkylation sites (N-methyl/N-ethyl adjacent to an activating group) is 1. The molecule has 0 bridgehead atoms. The van der Waals surface area contributed by atoms with E-state index in [-0.39, 0.29) is 6.04 Å². The van der Waals surface area contributed by atoms with Crippen molar-refractivity contribution < 1.29 is 0 Å². The lowest BCUT2D eigenvalue weighted by molar-refractivity contribution is 0.0306. The van der Waals surface area contributed by atoms with E-state index in [9.17, 15) is 0 Å². The van der Waals surface area contributed by atoms with Crippen molar-refractivity contribution in [2.75, 3.05) is 26.7 Å². The Morgan fingerprint density at radius 2 is 1.80 bits per heavy atom. The molecule has 1 aromatic carbocycles. The maximum absolute atomic E-state index is 6.61. The first-order valence-electron chi connectivity index (χ1n) is 7.75. The van der Waals surface area contributed by atoms with Crippen LogP contribution in [0.2, 0.25) is 0 Å². The third kappa shape index (κ3) is 3.40. The fraction of sp³-hybridized carbons (Fsp3) is 0.647. The van der Waals surface area contributed by atoms with Crippen molar-refractivity contribution in [3.63, 3.8) is 0 Å². The molecule has 0 spiro atoms. The lowest BCUT2D eigenvalue weighted by Gasteiger charge is -2.46. The summed E-state index contributed by atoms with van der Waals surface area (Å²) in [6, 6.07) is 11.6. The average Bonchev–Trinajstić information content (AvgIpc) is 2.42. The molecule has 0 radical (unpaired) electrons.